The molecule has 0 radical (unpaired) electrons. The van der Waals surface area contributed by atoms with E-state index in [1.54, 1.807) is 0 Å². The lowest BCUT2D eigenvalue weighted by atomic mass is 9.92. The number of allylic oxidation sites excluding steroid dienone is 3. The van der Waals surface area contributed by atoms with E-state index in [2.05, 4.69) is 151 Å². The number of hydrogen-bond donors (Lipinski definition) is 0. The minimum atomic E-state index is 0.0383. The van der Waals surface area contributed by atoms with Gasteiger partial charge in [-0.3, -0.25) is 0 Å². The van der Waals surface area contributed by atoms with Gasteiger partial charge in [0.15, 0.2) is 5.58 Å². The largest absolute Gasteiger partial charge is 0.485 e. The fraction of sp³-hybridized carbons (Fsp3) is 0.0889. The van der Waals surface area contributed by atoms with Crippen molar-refractivity contribution in [1.82, 2.24) is 4.98 Å². The van der Waals surface area contributed by atoms with Crippen LogP contribution >= 0.6 is 11.3 Å². The Hall–Kier alpha value is -5.91. The Labute approximate surface area is 292 Å². The minimum Gasteiger partial charge on any atom is -0.485 e. The molecule has 238 valence electrons. The molecule has 2 unspecified atom stereocenters. The lowest BCUT2D eigenvalue weighted by molar-refractivity contribution is 0.269. The smallest absolute Gasteiger partial charge is 0.227 e. The van der Waals surface area contributed by atoms with E-state index in [0.29, 0.717) is 5.89 Å². The number of fused-ring (bicyclic) bond motifs is 10. The minimum absolute atomic E-state index is 0.0383. The van der Waals surface area contributed by atoms with Gasteiger partial charge < -0.3 is 14.1 Å². The summed E-state index contributed by atoms with van der Waals surface area (Å²) in [6.07, 6.45) is 15.5. The Morgan fingerprint density at radius 3 is 2.48 bits per heavy atom. The van der Waals surface area contributed by atoms with E-state index in [0.717, 1.165) is 63.1 Å². The molecule has 3 heterocycles. The molecule has 2 atom stereocenters. The molecule has 4 nitrogen and oxygen atoms in total. The van der Waals surface area contributed by atoms with Crippen molar-refractivity contribution in [3.05, 3.63) is 156 Å². The summed E-state index contributed by atoms with van der Waals surface area (Å²) in [6, 6.07) is 39.2. The zero-order chi connectivity index (χ0) is 32.8. The predicted octanol–water partition coefficient (Wildman–Crippen LogP) is 12.4. The van der Waals surface area contributed by atoms with E-state index in [9.17, 15) is 0 Å². The van der Waals surface area contributed by atoms with Crippen molar-refractivity contribution in [2.45, 2.75) is 24.9 Å². The first-order valence-electron chi connectivity index (χ1n) is 17.2. The first-order chi connectivity index (χ1) is 24.7. The van der Waals surface area contributed by atoms with Crippen molar-refractivity contribution in [2.24, 2.45) is 0 Å². The summed E-state index contributed by atoms with van der Waals surface area (Å²) in [4.78, 5) is 8.79. The van der Waals surface area contributed by atoms with E-state index < -0.39 is 0 Å². The van der Waals surface area contributed by atoms with Crippen molar-refractivity contribution >= 4 is 77.2 Å². The number of benzene rings is 6. The van der Waals surface area contributed by atoms with Gasteiger partial charge in [0.1, 0.15) is 17.4 Å². The van der Waals surface area contributed by atoms with E-state index in [1.165, 1.54) is 36.9 Å². The van der Waals surface area contributed by atoms with Crippen molar-refractivity contribution in [2.75, 3.05) is 4.90 Å². The lowest BCUT2D eigenvalue weighted by Crippen LogP contribution is -2.15. The zero-order valence-corrected chi connectivity index (χ0v) is 27.9. The second-order valence-corrected chi connectivity index (χ2v) is 14.5. The number of anilines is 3. The molecule has 2 aliphatic carbocycles. The van der Waals surface area contributed by atoms with Gasteiger partial charge >= 0.3 is 0 Å². The molecule has 0 fully saturated rings. The van der Waals surface area contributed by atoms with E-state index in [4.69, 9.17) is 14.1 Å². The van der Waals surface area contributed by atoms with Gasteiger partial charge in [0.25, 0.3) is 0 Å². The molecule has 0 spiro atoms. The second kappa shape index (κ2) is 10.8. The van der Waals surface area contributed by atoms with E-state index in [1.807, 2.05) is 11.3 Å². The van der Waals surface area contributed by atoms with Crippen LogP contribution in [0.2, 0.25) is 0 Å². The first kappa shape index (κ1) is 28.0. The SMILES string of the molecule is C1=CC2Oc3cc(N(c4ccc5sc6c(c5c4)C=CCC6)c4ccc5ccc6nc(-c7ccc8ccccc8c7)oc6c5c4)ccc3C2C=C1. The highest BCUT2D eigenvalue weighted by Gasteiger charge is 2.32. The maximum Gasteiger partial charge on any atom is 0.227 e. The third-order valence-corrected chi connectivity index (χ3v) is 11.7. The molecule has 1 aliphatic heterocycles. The van der Waals surface area contributed by atoms with Crippen LogP contribution in [0.4, 0.5) is 17.1 Å². The summed E-state index contributed by atoms with van der Waals surface area (Å²) in [6.45, 7) is 0. The maximum atomic E-state index is 6.62. The Morgan fingerprint density at radius 1 is 0.720 bits per heavy atom. The fourth-order valence-electron chi connectivity index (χ4n) is 7.97. The molecule has 0 bridgehead atoms. The Morgan fingerprint density at radius 2 is 1.52 bits per heavy atom. The third kappa shape index (κ3) is 4.33. The predicted molar refractivity (Wildman–Crippen MR) is 207 cm³/mol. The summed E-state index contributed by atoms with van der Waals surface area (Å²) in [5, 5.41) is 5.80. The molecule has 3 aliphatic rings. The van der Waals surface area contributed by atoms with Crippen molar-refractivity contribution < 1.29 is 9.15 Å². The number of thiophene rings is 1. The number of rotatable bonds is 4. The first-order valence-corrected chi connectivity index (χ1v) is 18.1. The molecular formula is C45H30N2O2S. The van der Waals surface area contributed by atoms with Crippen molar-refractivity contribution in [3.8, 4) is 17.2 Å². The van der Waals surface area contributed by atoms with Crippen LogP contribution in [0.1, 0.15) is 28.3 Å². The maximum absolute atomic E-state index is 6.62. The van der Waals surface area contributed by atoms with E-state index in [-0.39, 0.29) is 12.0 Å². The van der Waals surface area contributed by atoms with Gasteiger partial charge in [-0.1, -0.05) is 78.9 Å². The topological polar surface area (TPSA) is 38.5 Å². The van der Waals surface area contributed by atoms with Crippen LogP contribution < -0.4 is 9.64 Å². The summed E-state index contributed by atoms with van der Waals surface area (Å²) < 4.78 is 14.5. The highest BCUT2D eigenvalue weighted by Crippen LogP contribution is 2.47. The molecule has 6 aromatic carbocycles. The van der Waals surface area contributed by atoms with Crippen LogP contribution in [-0.4, -0.2) is 11.1 Å². The number of aryl methyl sites for hydroxylation is 1. The zero-order valence-electron chi connectivity index (χ0n) is 27.0. The highest BCUT2D eigenvalue weighted by molar-refractivity contribution is 7.19. The van der Waals surface area contributed by atoms with Gasteiger partial charge in [0.2, 0.25) is 5.89 Å². The van der Waals surface area contributed by atoms with Crippen LogP contribution in [0.3, 0.4) is 0 Å². The Balaban J connectivity index is 1.09. The summed E-state index contributed by atoms with van der Waals surface area (Å²) in [7, 11) is 0. The summed E-state index contributed by atoms with van der Waals surface area (Å²) in [5.41, 5.74) is 8.40. The van der Waals surface area contributed by atoms with Gasteiger partial charge in [-0.05, 0) is 95.2 Å². The van der Waals surface area contributed by atoms with Gasteiger partial charge in [-0.2, -0.15) is 0 Å². The number of aromatic nitrogens is 1. The lowest BCUT2D eigenvalue weighted by Gasteiger charge is -2.26. The summed E-state index contributed by atoms with van der Waals surface area (Å²) >= 11 is 1.92. The number of oxazole rings is 1. The van der Waals surface area contributed by atoms with Gasteiger partial charge in [0.05, 0.1) is 0 Å². The standard InChI is InChI=1S/C45H30N2O2S/c1-2-8-29-23-30(14-13-27(29)7-1)45-46-39-21-16-28-15-17-31(24-37(28)44(39)49-45)47(32-19-22-43-38(25-32)36-10-4-6-12-42(36)50-43)33-18-20-35-34-9-3-5-11-40(34)48-41(35)26-33/h1-5,7-11,13-26,34,40H,6,12H2. The number of hydrogen-bond acceptors (Lipinski definition) is 5. The van der Waals surface area contributed by atoms with Gasteiger partial charge in [0, 0.05) is 60.5 Å². The highest BCUT2D eigenvalue weighted by atomic mass is 32.1. The average Bonchev–Trinajstić information content (AvgIpc) is 3.88. The average molecular weight is 663 g/mol. The van der Waals surface area contributed by atoms with Crippen LogP contribution in [0.15, 0.2) is 144 Å². The molecule has 2 aromatic heterocycles. The van der Waals surface area contributed by atoms with Crippen LogP contribution in [0.5, 0.6) is 5.75 Å². The van der Waals surface area contributed by atoms with Crippen LogP contribution in [0.25, 0.3) is 60.3 Å². The van der Waals surface area contributed by atoms with Gasteiger partial charge in [-0.25, -0.2) is 4.98 Å². The van der Waals surface area contributed by atoms with Crippen LogP contribution in [-0.2, 0) is 6.42 Å². The molecule has 0 N–H and O–H groups in total. The quantitative estimate of drug-likeness (QED) is 0.188. The number of nitrogens with zero attached hydrogens (tertiary/aromatic N) is 2. The molecule has 5 heteroatoms. The molecule has 0 saturated heterocycles. The monoisotopic (exact) mass is 662 g/mol. The molecule has 8 aromatic rings. The van der Waals surface area contributed by atoms with Crippen molar-refractivity contribution in [1.29, 1.82) is 0 Å². The van der Waals surface area contributed by atoms with Gasteiger partial charge in [-0.15, -0.1) is 11.3 Å². The molecule has 50 heavy (non-hydrogen) atoms. The third-order valence-electron chi connectivity index (χ3n) is 10.4. The number of ether oxygens (including phenoxy) is 1. The molecular weight excluding hydrogens is 633 g/mol. The van der Waals surface area contributed by atoms with Crippen LogP contribution in [0, 0.1) is 0 Å². The Kier molecular flexibility index (Phi) is 6.04. The van der Waals surface area contributed by atoms with E-state index >= 15 is 0 Å². The normalized spacial score (nSPS) is 17.4. The molecule has 11 rings (SSSR count). The fourth-order valence-corrected chi connectivity index (χ4v) is 9.16. The molecule has 0 amide bonds. The summed E-state index contributed by atoms with van der Waals surface area (Å²) in [5.74, 6) is 1.81. The second-order valence-electron chi connectivity index (χ2n) is 13.4. The van der Waals surface area contributed by atoms with Crippen molar-refractivity contribution in [3.63, 3.8) is 0 Å². The molecule has 0 saturated carbocycles. The Bertz CT molecular complexity index is 2780.